The molecule has 0 aliphatic rings. The van der Waals surface area contributed by atoms with Crippen molar-refractivity contribution in [3.63, 3.8) is 0 Å². The maximum atomic E-state index is 13.9. The molecule has 0 aliphatic carbocycles. The van der Waals surface area contributed by atoms with Gasteiger partial charge in [-0.2, -0.15) is 0 Å². The lowest BCUT2D eigenvalue weighted by molar-refractivity contribution is -0.133. The third kappa shape index (κ3) is 13.0. The van der Waals surface area contributed by atoms with E-state index in [9.17, 15) is 24.3 Å². The molecule has 0 unspecified atom stereocenters. The Kier molecular flexibility index (Phi) is 15.9. The Balaban J connectivity index is 2.30. The van der Waals surface area contributed by atoms with E-state index in [1.165, 1.54) is 0 Å². The number of carbonyl (C=O) groups is 4. The number of nitrogens with one attached hydrogen (secondary N) is 1. The molecule has 0 saturated carbocycles. The Hall–Kier alpha value is -4.29. The van der Waals surface area contributed by atoms with Gasteiger partial charge in [-0.1, -0.05) is 30.3 Å². The lowest BCUT2D eigenvalue weighted by atomic mass is 9.86. The fourth-order valence-corrected chi connectivity index (χ4v) is 5.52. The number of aryl methyl sites for hydroxylation is 2. The van der Waals surface area contributed by atoms with E-state index in [1.807, 2.05) is 44.2 Å². The van der Waals surface area contributed by atoms with E-state index >= 15 is 0 Å². The number of phenolic OH excluding ortho intramolecular Hbond substituents is 1. The maximum Gasteiger partial charge on any atom is 0.224 e. The monoisotopic (exact) mass is 637 g/mol. The number of hydrogen-bond acceptors (Lipinski definition) is 8. The van der Waals surface area contributed by atoms with Crippen molar-refractivity contribution in [3.05, 3.63) is 64.7 Å². The smallest absolute Gasteiger partial charge is 0.224 e. The van der Waals surface area contributed by atoms with Crippen LogP contribution in [-0.2, 0) is 32.0 Å². The number of amides is 2. The fraction of sp³-hybridized carbons (Fsp3) is 0.500. The standard InChI is InChI=1S/C34H51N7O5/c1-21-15-26(42)16-22(2)27(21)18-25(20-30(43)28(36)11-8-14-40-34(38)39)33(46)41-29(12-6-7-13-35)31(44)19-24(32(37)45)17-23-9-4-3-5-10-23/h3-5,9-10,15-16,24-25,28-29,42H,6-8,11-14,17-20,35-36H2,1-2H3,(H2,37,45)(H,41,46)(H4,38,39,40)/t24-,25-,28-,29+/m1/s1. The van der Waals surface area contributed by atoms with Crippen molar-refractivity contribution in [1.82, 2.24) is 5.32 Å². The van der Waals surface area contributed by atoms with E-state index in [2.05, 4.69) is 10.3 Å². The van der Waals surface area contributed by atoms with Crippen LogP contribution in [0.4, 0.5) is 0 Å². The Morgan fingerprint density at radius 1 is 0.848 bits per heavy atom. The van der Waals surface area contributed by atoms with Crippen LogP contribution < -0.4 is 34.0 Å². The van der Waals surface area contributed by atoms with Crippen LogP contribution in [0.25, 0.3) is 0 Å². The molecule has 0 heterocycles. The average molecular weight is 638 g/mol. The highest BCUT2D eigenvalue weighted by molar-refractivity contribution is 5.94. The molecule has 252 valence electrons. The minimum Gasteiger partial charge on any atom is -0.508 e. The number of rotatable bonds is 21. The molecule has 0 radical (unpaired) electrons. The van der Waals surface area contributed by atoms with Crippen molar-refractivity contribution in [2.45, 2.75) is 83.7 Å². The van der Waals surface area contributed by atoms with Crippen LogP contribution in [0.15, 0.2) is 47.5 Å². The van der Waals surface area contributed by atoms with Gasteiger partial charge in [-0.3, -0.25) is 24.2 Å². The molecule has 12 N–H and O–H groups in total. The summed E-state index contributed by atoms with van der Waals surface area (Å²) < 4.78 is 0. The second-order valence-corrected chi connectivity index (χ2v) is 12.0. The number of Topliss-reactive ketones (excluding diaryl/α,β-unsaturated/α-hetero) is 2. The number of carbonyl (C=O) groups excluding carboxylic acids is 4. The predicted molar refractivity (Wildman–Crippen MR) is 180 cm³/mol. The first kappa shape index (κ1) is 37.9. The van der Waals surface area contributed by atoms with Crippen LogP contribution in [0.2, 0.25) is 0 Å². The van der Waals surface area contributed by atoms with Gasteiger partial charge in [-0.25, -0.2) is 0 Å². The Morgan fingerprint density at radius 3 is 2.07 bits per heavy atom. The summed E-state index contributed by atoms with van der Waals surface area (Å²) in [4.78, 5) is 57.1. The zero-order valence-electron chi connectivity index (χ0n) is 27.0. The number of benzene rings is 2. The van der Waals surface area contributed by atoms with Crippen molar-refractivity contribution >= 4 is 29.3 Å². The van der Waals surface area contributed by atoms with E-state index in [4.69, 9.17) is 28.7 Å². The predicted octanol–water partition coefficient (Wildman–Crippen LogP) is 1.43. The molecule has 0 saturated heterocycles. The van der Waals surface area contributed by atoms with Crippen LogP contribution >= 0.6 is 0 Å². The maximum absolute atomic E-state index is 13.9. The van der Waals surface area contributed by atoms with Gasteiger partial charge >= 0.3 is 0 Å². The molecule has 12 heteroatoms. The number of nitrogens with zero attached hydrogens (tertiary/aromatic N) is 1. The Labute approximate surface area is 271 Å². The second kappa shape index (κ2) is 19.3. The summed E-state index contributed by atoms with van der Waals surface area (Å²) >= 11 is 0. The van der Waals surface area contributed by atoms with E-state index in [-0.39, 0.29) is 42.5 Å². The molecule has 0 fully saturated rings. The van der Waals surface area contributed by atoms with Crippen LogP contribution in [0.3, 0.4) is 0 Å². The summed E-state index contributed by atoms with van der Waals surface area (Å²) in [5.41, 5.74) is 31.5. The summed E-state index contributed by atoms with van der Waals surface area (Å²) in [7, 11) is 0. The summed E-state index contributed by atoms with van der Waals surface area (Å²) in [5, 5.41) is 12.9. The fourth-order valence-electron chi connectivity index (χ4n) is 5.52. The van der Waals surface area contributed by atoms with Crippen LogP contribution in [-0.4, -0.2) is 59.6 Å². The van der Waals surface area contributed by atoms with Crippen molar-refractivity contribution in [2.24, 2.45) is 45.5 Å². The molecule has 2 aromatic rings. The summed E-state index contributed by atoms with van der Waals surface area (Å²) in [6.07, 6.45) is 2.55. The number of guanidine groups is 1. The van der Waals surface area contributed by atoms with Crippen LogP contribution in [0.5, 0.6) is 5.75 Å². The lowest BCUT2D eigenvalue weighted by Gasteiger charge is -2.25. The molecule has 2 amide bonds. The first-order chi connectivity index (χ1) is 21.8. The molecule has 4 atom stereocenters. The summed E-state index contributed by atoms with van der Waals surface area (Å²) in [6, 6.07) is 10.8. The number of primary amides is 1. The van der Waals surface area contributed by atoms with Gasteiger partial charge in [0.2, 0.25) is 11.8 Å². The highest BCUT2D eigenvalue weighted by atomic mass is 16.3. The summed E-state index contributed by atoms with van der Waals surface area (Å²) in [5.74, 6) is -3.24. The second-order valence-electron chi connectivity index (χ2n) is 12.0. The number of ketones is 2. The Morgan fingerprint density at radius 2 is 1.48 bits per heavy atom. The van der Waals surface area contributed by atoms with E-state index < -0.39 is 35.7 Å². The van der Waals surface area contributed by atoms with E-state index in [0.29, 0.717) is 51.6 Å². The molecule has 0 aromatic heterocycles. The first-order valence-corrected chi connectivity index (χ1v) is 15.8. The van der Waals surface area contributed by atoms with Gasteiger partial charge in [-0.15, -0.1) is 0 Å². The Bertz CT molecular complexity index is 1320. The number of phenols is 1. The number of aliphatic imine (C=N–C) groups is 1. The normalized spacial score (nSPS) is 13.7. The van der Waals surface area contributed by atoms with Gasteiger partial charge < -0.3 is 39.1 Å². The molecular weight excluding hydrogens is 586 g/mol. The number of unbranched alkanes of at least 4 members (excludes halogenated alkanes) is 1. The zero-order valence-corrected chi connectivity index (χ0v) is 27.0. The van der Waals surface area contributed by atoms with Crippen LogP contribution in [0, 0.1) is 25.7 Å². The quantitative estimate of drug-likeness (QED) is 0.0594. The van der Waals surface area contributed by atoms with Gasteiger partial charge in [0, 0.05) is 31.2 Å². The van der Waals surface area contributed by atoms with Crippen molar-refractivity contribution in [3.8, 4) is 5.75 Å². The SMILES string of the molecule is Cc1cc(O)cc(C)c1C[C@H](CC(=O)[C@H](N)CCCN=C(N)N)C(=O)N[C@@H](CCCCN)C(=O)C[C@@H](Cc1ccccc1)C(N)=O. The van der Waals surface area contributed by atoms with Crippen LogP contribution in [0.1, 0.15) is 67.2 Å². The topological polar surface area (TPSA) is 243 Å². The van der Waals surface area contributed by atoms with Crippen molar-refractivity contribution < 1.29 is 24.3 Å². The van der Waals surface area contributed by atoms with E-state index in [1.54, 1.807) is 12.1 Å². The minimum atomic E-state index is -0.899. The molecular formula is C34H51N7O5. The molecule has 2 aromatic carbocycles. The molecule has 0 aliphatic heterocycles. The average Bonchev–Trinajstić information content (AvgIpc) is 2.99. The molecule has 12 nitrogen and oxygen atoms in total. The van der Waals surface area contributed by atoms with E-state index in [0.717, 1.165) is 22.3 Å². The molecule has 2 rings (SSSR count). The highest BCUT2D eigenvalue weighted by Gasteiger charge is 2.31. The largest absolute Gasteiger partial charge is 0.508 e. The first-order valence-electron chi connectivity index (χ1n) is 15.8. The molecule has 46 heavy (non-hydrogen) atoms. The van der Waals surface area contributed by atoms with Crippen molar-refractivity contribution in [2.75, 3.05) is 13.1 Å². The lowest BCUT2D eigenvalue weighted by Crippen LogP contribution is -2.46. The molecule has 0 spiro atoms. The third-order valence-corrected chi connectivity index (χ3v) is 8.16. The zero-order chi connectivity index (χ0) is 34.2. The van der Waals surface area contributed by atoms with Gasteiger partial charge in [0.1, 0.15) is 11.5 Å². The van der Waals surface area contributed by atoms with Gasteiger partial charge in [0.25, 0.3) is 0 Å². The number of aromatic hydroxyl groups is 1. The highest BCUT2D eigenvalue weighted by Crippen LogP contribution is 2.26. The van der Waals surface area contributed by atoms with Gasteiger partial charge in [-0.05, 0) is 99.7 Å². The molecule has 0 bridgehead atoms. The van der Waals surface area contributed by atoms with Gasteiger partial charge in [0.05, 0.1) is 12.1 Å². The number of hydrogen-bond donors (Lipinski definition) is 7. The van der Waals surface area contributed by atoms with Gasteiger partial charge in [0.15, 0.2) is 11.7 Å². The summed E-state index contributed by atoms with van der Waals surface area (Å²) in [6.45, 7) is 4.39. The third-order valence-electron chi connectivity index (χ3n) is 8.16. The minimum absolute atomic E-state index is 0.0472. The van der Waals surface area contributed by atoms with Crippen molar-refractivity contribution in [1.29, 1.82) is 0 Å². The number of nitrogens with two attached hydrogens (primary N) is 5.